The van der Waals surface area contributed by atoms with Gasteiger partial charge in [-0.3, -0.25) is 14.6 Å². The zero-order valence-corrected chi connectivity index (χ0v) is 22.3. The minimum atomic E-state index is -5.08. The van der Waals surface area contributed by atoms with Gasteiger partial charge in [0.2, 0.25) is 0 Å². The Morgan fingerprint density at radius 2 is 1.50 bits per heavy atom. The third kappa shape index (κ3) is 6.93. The molecule has 2 amide bonds. The van der Waals surface area contributed by atoms with Crippen LogP contribution in [0, 0.1) is 13.8 Å². The molecule has 0 saturated carbocycles. The van der Waals surface area contributed by atoms with Crippen molar-refractivity contribution in [3.8, 4) is 0 Å². The van der Waals surface area contributed by atoms with Gasteiger partial charge < -0.3 is 9.80 Å². The van der Waals surface area contributed by atoms with Crippen molar-refractivity contribution in [2.75, 3.05) is 19.6 Å². The maximum atomic E-state index is 13.5. The van der Waals surface area contributed by atoms with Crippen LogP contribution in [0.25, 0.3) is 0 Å². The molecule has 1 aromatic heterocycles. The Bertz CT molecular complexity index is 1350. The first kappa shape index (κ1) is 30.9. The van der Waals surface area contributed by atoms with Gasteiger partial charge in [-0.05, 0) is 67.3 Å². The zero-order chi connectivity index (χ0) is 28.5. The second-order valence-electron chi connectivity index (χ2n) is 9.56. The number of rotatable bonds is 4. The lowest BCUT2D eigenvalue weighted by atomic mass is 9.97. The Balaban J connectivity index is 0.00000441. The highest BCUT2D eigenvalue weighted by Gasteiger charge is 2.39. The van der Waals surface area contributed by atoms with Crippen LogP contribution in [0.1, 0.15) is 48.5 Å². The molecule has 0 radical (unpaired) electrons. The first-order chi connectivity index (χ1) is 18.2. The number of aryl methyl sites for hydroxylation is 2. The van der Waals surface area contributed by atoms with Crippen molar-refractivity contribution in [3.05, 3.63) is 99.9 Å². The van der Waals surface area contributed by atoms with E-state index < -0.39 is 41.0 Å². The lowest BCUT2D eigenvalue weighted by molar-refractivity contribution is -0.143. The number of halogens is 7. The van der Waals surface area contributed by atoms with E-state index >= 15 is 0 Å². The van der Waals surface area contributed by atoms with E-state index in [0.29, 0.717) is 17.7 Å². The Labute approximate surface area is 233 Å². The average molecular weight is 586 g/mol. The van der Waals surface area contributed by atoms with Gasteiger partial charge in [-0.2, -0.15) is 26.3 Å². The highest BCUT2D eigenvalue weighted by molar-refractivity contribution is 5.96. The van der Waals surface area contributed by atoms with Crippen LogP contribution >= 0.6 is 12.4 Å². The fourth-order valence-corrected chi connectivity index (χ4v) is 4.60. The highest BCUT2D eigenvalue weighted by atomic mass is 35.5. The molecule has 0 bridgehead atoms. The smallest absolute Gasteiger partial charge is 0.335 e. The van der Waals surface area contributed by atoms with Crippen LogP contribution in [0.15, 0.2) is 60.9 Å². The van der Waals surface area contributed by atoms with E-state index in [-0.39, 0.29) is 50.4 Å². The Morgan fingerprint density at radius 3 is 2.05 bits per heavy atom. The molecule has 1 saturated heterocycles. The third-order valence-corrected chi connectivity index (χ3v) is 6.82. The first-order valence-corrected chi connectivity index (χ1v) is 12.1. The monoisotopic (exact) mass is 585 g/mol. The van der Waals surface area contributed by atoms with Crippen LogP contribution < -0.4 is 0 Å². The fraction of sp³-hybridized carbons (Fsp3) is 0.321. The van der Waals surface area contributed by atoms with E-state index in [4.69, 9.17) is 0 Å². The van der Waals surface area contributed by atoms with Crippen LogP contribution in [0.5, 0.6) is 0 Å². The van der Waals surface area contributed by atoms with Crippen LogP contribution in [-0.2, 0) is 18.8 Å². The summed E-state index contributed by atoms with van der Waals surface area (Å²) in [5.74, 6) is -1.30. The molecule has 0 N–H and O–H groups in total. The van der Waals surface area contributed by atoms with Crippen molar-refractivity contribution in [2.24, 2.45) is 0 Å². The molecule has 5 nitrogen and oxygen atoms in total. The van der Waals surface area contributed by atoms with Gasteiger partial charge in [0.1, 0.15) is 0 Å². The number of carbonyl (C=O) groups excluding carboxylic acids is 2. The van der Waals surface area contributed by atoms with Gasteiger partial charge >= 0.3 is 12.4 Å². The minimum absolute atomic E-state index is 0. The molecule has 3 aromatic rings. The van der Waals surface area contributed by atoms with Crippen LogP contribution in [0.4, 0.5) is 26.3 Å². The molecular weight excluding hydrogens is 560 g/mol. The second-order valence-corrected chi connectivity index (χ2v) is 9.56. The molecule has 40 heavy (non-hydrogen) atoms. The van der Waals surface area contributed by atoms with Gasteiger partial charge in [0.25, 0.3) is 11.8 Å². The number of hydrogen-bond acceptors (Lipinski definition) is 3. The van der Waals surface area contributed by atoms with Gasteiger partial charge in [-0.25, -0.2) is 0 Å². The van der Waals surface area contributed by atoms with Gasteiger partial charge in [0.15, 0.2) is 0 Å². The first-order valence-electron chi connectivity index (χ1n) is 12.1. The Hall–Kier alpha value is -3.60. The summed E-state index contributed by atoms with van der Waals surface area (Å²) < 4.78 is 80.6. The summed E-state index contributed by atoms with van der Waals surface area (Å²) in [6.07, 6.45) is -7.00. The van der Waals surface area contributed by atoms with E-state index in [1.165, 1.54) is 22.2 Å². The molecular formula is C28H26ClF6N3O2. The molecule has 1 fully saturated rings. The second kappa shape index (κ2) is 11.9. The van der Waals surface area contributed by atoms with Crippen molar-refractivity contribution < 1.29 is 35.9 Å². The molecule has 1 atom stereocenters. The Kier molecular flexibility index (Phi) is 9.18. The number of carbonyl (C=O) groups is 2. The number of piperazine rings is 1. The van der Waals surface area contributed by atoms with Crippen molar-refractivity contribution in [3.63, 3.8) is 0 Å². The minimum Gasteiger partial charge on any atom is -0.335 e. The van der Waals surface area contributed by atoms with Crippen LogP contribution in [0.3, 0.4) is 0 Å². The topological polar surface area (TPSA) is 53.5 Å². The van der Waals surface area contributed by atoms with Gasteiger partial charge in [0.05, 0.1) is 22.7 Å². The summed E-state index contributed by atoms with van der Waals surface area (Å²) in [7, 11) is 0. The van der Waals surface area contributed by atoms with E-state index in [0.717, 1.165) is 16.7 Å². The normalized spacial score (nSPS) is 15.9. The fourth-order valence-electron chi connectivity index (χ4n) is 4.60. The number of alkyl halides is 6. The number of hydrogen-bond donors (Lipinski definition) is 0. The molecule has 2 heterocycles. The average Bonchev–Trinajstić information content (AvgIpc) is 2.89. The van der Waals surface area contributed by atoms with Gasteiger partial charge in [0, 0.05) is 37.6 Å². The molecule has 1 aliphatic rings. The summed E-state index contributed by atoms with van der Waals surface area (Å²) in [4.78, 5) is 33.3. The maximum absolute atomic E-state index is 13.5. The number of pyridine rings is 1. The number of benzene rings is 2. The molecule has 1 aliphatic heterocycles. The highest BCUT2D eigenvalue weighted by Crippen LogP contribution is 2.37. The molecule has 12 heteroatoms. The summed E-state index contributed by atoms with van der Waals surface area (Å²) in [6, 6.07) is 9.02. The van der Waals surface area contributed by atoms with Crippen molar-refractivity contribution >= 4 is 24.2 Å². The van der Waals surface area contributed by atoms with Crippen LogP contribution in [0.2, 0.25) is 0 Å². The number of aromatic nitrogens is 1. The predicted octanol–water partition coefficient (Wildman–Crippen LogP) is 6.37. The zero-order valence-electron chi connectivity index (χ0n) is 21.5. The van der Waals surface area contributed by atoms with Crippen molar-refractivity contribution in [1.82, 2.24) is 14.8 Å². The van der Waals surface area contributed by atoms with E-state index in [1.54, 1.807) is 12.1 Å². The molecule has 0 aliphatic carbocycles. The molecule has 0 spiro atoms. The van der Waals surface area contributed by atoms with E-state index in [9.17, 15) is 35.9 Å². The SMILES string of the molecule is Cc1ccc(CC2CN(C(=O)c3cccnc3)CCN2C(=O)c2cc(C(F)(F)F)cc(C(F)(F)F)c2)cc1C.Cl. The Morgan fingerprint density at radius 1 is 0.850 bits per heavy atom. The number of nitrogens with zero attached hydrogens (tertiary/aromatic N) is 3. The lowest BCUT2D eigenvalue weighted by Crippen LogP contribution is -2.57. The summed E-state index contributed by atoms with van der Waals surface area (Å²) >= 11 is 0. The summed E-state index contributed by atoms with van der Waals surface area (Å²) in [5, 5.41) is 0. The molecule has 4 rings (SSSR count). The van der Waals surface area contributed by atoms with Crippen molar-refractivity contribution in [2.45, 2.75) is 38.7 Å². The quantitative estimate of drug-likeness (QED) is 0.335. The van der Waals surface area contributed by atoms with Crippen LogP contribution in [-0.4, -0.2) is 52.3 Å². The molecule has 2 aromatic carbocycles. The summed E-state index contributed by atoms with van der Waals surface area (Å²) in [5.41, 5.74) is -0.668. The molecule has 1 unspecified atom stereocenters. The van der Waals surface area contributed by atoms with E-state index in [2.05, 4.69) is 4.98 Å². The van der Waals surface area contributed by atoms with Gasteiger partial charge in [-0.1, -0.05) is 18.2 Å². The standard InChI is InChI=1S/C28H25F6N3O2.ClH/c1-17-5-6-19(10-18(17)2)11-24-16-36(25(38)20-4-3-7-35-15-20)8-9-37(24)26(39)21-12-22(27(29,30)31)14-23(13-21)28(32,33)34;/h3-7,10,12-15,24H,8-9,11,16H2,1-2H3;1H. The maximum Gasteiger partial charge on any atom is 0.416 e. The lowest BCUT2D eigenvalue weighted by Gasteiger charge is -2.42. The van der Waals surface area contributed by atoms with E-state index in [1.807, 2.05) is 32.0 Å². The summed E-state index contributed by atoms with van der Waals surface area (Å²) in [6.45, 7) is 3.85. The predicted molar refractivity (Wildman–Crippen MR) is 138 cm³/mol. The molecule has 214 valence electrons. The largest absolute Gasteiger partial charge is 0.416 e. The number of amides is 2. The third-order valence-electron chi connectivity index (χ3n) is 6.82. The van der Waals surface area contributed by atoms with Crippen molar-refractivity contribution in [1.29, 1.82) is 0 Å². The van der Waals surface area contributed by atoms with Gasteiger partial charge in [-0.15, -0.1) is 12.4 Å².